The van der Waals surface area contributed by atoms with Crippen molar-refractivity contribution in [3.05, 3.63) is 29.6 Å². The van der Waals surface area contributed by atoms with Crippen LogP contribution in [-0.2, 0) is 4.79 Å². The summed E-state index contributed by atoms with van der Waals surface area (Å²) in [5, 5.41) is 2.51. The molecule has 0 atom stereocenters. The highest BCUT2D eigenvalue weighted by molar-refractivity contribution is 5.71. The van der Waals surface area contributed by atoms with Gasteiger partial charge in [0, 0.05) is 5.69 Å². The van der Waals surface area contributed by atoms with Gasteiger partial charge < -0.3 is 5.32 Å². The Kier molecular flexibility index (Phi) is 2.00. The van der Waals surface area contributed by atoms with E-state index in [9.17, 15) is 9.18 Å². The summed E-state index contributed by atoms with van der Waals surface area (Å²) in [6.45, 7) is 0. The van der Waals surface area contributed by atoms with Gasteiger partial charge in [0.1, 0.15) is 5.82 Å². The van der Waals surface area contributed by atoms with Crippen LogP contribution in [0.25, 0.3) is 0 Å². The summed E-state index contributed by atoms with van der Waals surface area (Å²) >= 11 is 0. The maximum atomic E-state index is 13.2. The van der Waals surface area contributed by atoms with Crippen LogP contribution in [0.3, 0.4) is 0 Å². The smallest absolute Gasteiger partial charge is 0.211 e. The van der Waals surface area contributed by atoms with Crippen LogP contribution in [-0.4, -0.2) is 6.41 Å². The van der Waals surface area contributed by atoms with Gasteiger partial charge in [0.05, 0.1) is 0 Å². The maximum Gasteiger partial charge on any atom is 0.211 e. The largest absolute Gasteiger partial charge is 0.329 e. The van der Waals surface area contributed by atoms with E-state index in [0.717, 1.165) is 18.4 Å². The SMILES string of the molecule is O=CNc1ccc(F)c(C2CC2)c1. The average Bonchev–Trinajstić information content (AvgIpc) is 2.92. The Labute approximate surface area is 75.8 Å². The summed E-state index contributed by atoms with van der Waals surface area (Å²) in [7, 11) is 0. The third kappa shape index (κ3) is 1.69. The van der Waals surface area contributed by atoms with Gasteiger partial charge in [0.2, 0.25) is 6.41 Å². The van der Waals surface area contributed by atoms with Crippen molar-refractivity contribution in [2.45, 2.75) is 18.8 Å². The highest BCUT2D eigenvalue weighted by atomic mass is 19.1. The first-order valence-electron chi connectivity index (χ1n) is 4.31. The molecule has 0 saturated heterocycles. The summed E-state index contributed by atoms with van der Waals surface area (Å²) in [5.41, 5.74) is 1.39. The first-order chi connectivity index (χ1) is 6.31. The number of anilines is 1. The molecule has 1 fully saturated rings. The molecule has 0 aliphatic heterocycles. The van der Waals surface area contributed by atoms with Crippen molar-refractivity contribution in [1.29, 1.82) is 0 Å². The van der Waals surface area contributed by atoms with Crippen molar-refractivity contribution >= 4 is 12.1 Å². The van der Waals surface area contributed by atoms with E-state index >= 15 is 0 Å². The quantitative estimate of drug-likeness (QED) is 0.708. The number of carbonyl (C=O) groups excluding carboxylic acids is 1. The molecule has 0 aromatic heterocycles. The Morgan fingerprint density at radius 2 is 2.23 bits per heavy atom. The van der Waals surface area contributed by atoms with Crippen molar-refractivity contribution < 1.29 is 9.18 Å². The Hall–Kier alpha value is -1.38. The predicted octanol–water partition coefficient (Wildman–Crippen LogP) is 2.27. The molecule has 0 unspecified atom stereocenters. The summed E-state index contributed by atoms with van der Waals surface area (Å²) < 4.78 is 13.2. The first kappa shape index (κ1) is 8.23. The molecular formula is C10H10FNO. The molecule has 1 amide bonds. The van der Waals surface area contributed by atoms with Crippen LogP contribution >= 0.6 is 0 Å². The lowest BCUT2D eigenvalue weighted by molar-refractivity contribution is -0.105. The molecule has 1 aliphatic carbocycles. The van der Waals surface area contributed by atoms with E-state index in [1.165, 1.54) is 6.07 Å². The number of benzene rings is 1. The van der Waals surface area contributed by atoms with Gasteiger partial charge in [0.25, 0.3) is 0 Å². The monoisotopic (exact) mass is 179 g/mol. The zero-order chi connectivity index (χ0) is 9.26. The zero-order valence-corrected chi connectivity index (χ0v) is 7.09. The molecule has 1 aromatic rings. The molecule has 1 aromatic carbocycles. The van der Waals surface area contributed by atoms with Crippen LogP contribution in [0, 0.1) is 5.82 Å². The summed E-state index contributed by atoms with van der Waals surface area (Å²) in [6, 6.07) is 4.68. The van der Waals surface area contributed by atoms with E-state index in [1.54, 1.807) is 12.1 Å². The topological polar surface area (TPSA) is 29.1 Å². The lowest BCUT2D eigenvalue weighted by Crippen LogP contribution is -1.96. The number of carbonyl (C=O) groups is 1. The normalized spacial score (nSPS) is 15.5. The molecule has 0 radical (unpaired) electrons. The first-order valence-corrected chi connectivity index (χ1v) is 4.31. The average molecular weight is 179 g/mol. The van der Waals surface area contributed by atoms with Crippen molar-refractivity contribution in [2.24, 2.45) is 0 Å². The standard InChI is InChI=1S/C10H10FNO/c11-10-4-3-8(12-6-13)5-9(10)7-1-2-7/h3-7H,1-2H2,(H,12,13). The Balaban J connectivity index is 2.30. The van der Waals surface area contributed by atoms with Crippen LogP contribution in [0.15, 0.2) is 18.2 Å². The van der Waals surface area contributed by atoms with Crippen molar-refractivity contribution in [3.8, 4) is 0 Å². The zero-order valence-electron chi connectivity index (χ0n) is 7.09. The molecule has 2 nitrogen and oxygen atoms in total. The third-order valence-corrected chi connectivity index (χ3v) is 2.24. The highest BCUT2D eigenvalue weighted by Gasteiger charge is 2.26. The second-order valence-corrected chi connectivity index (χ2v) is 3.27. The van der Waals surface area contributed by atoms with E-state index in [-0.39, 0.29) is 5.82 Å². The molecule has 1 N–H and O–H groups in total. The van der Waals surface area contributed by atoms with Gasteiger partial charge in [0.15, 0.2) is 0 Å². The van der Waals surface area contributed by atoms with Gasteiger partial charge in [-0.2, -0.15) is 0 Å². The second kappa shape index (κ2) is 3.17. The highest BCUT2D eigenvalue weighted by Crippen LogP contribution is 2.41. The fourth-order valence-corrected chi connectivity index (χ4v) is 1.41. The minimum absolute atomic E-state index is 0.168. The lowest BCUT2D eigenvalue weighted by Gasteiger charge is -2.03. The van der Waals surface area contributed by atoms with Crippen molar-refractivity contribution in [1.82, 2.24) is 0 Å². The number of hydrogen-bond donors (Lipinski definition) is 1. The van der Waals surface area contributed by atoms with E-state index in [1.807, 2.05) is 0 Å². The predicted molar refractivity (Wildman–Crippen MR) is 48.1 cm³/mol. The van der Waals surface area contributed by atoms with Crippen LogP contribution in [0.4, 0.5) is 10.1 Å². The van der Waals surface area contributed by atoms with Crippen molar-refractivity contribution in [3.63, 3.8) is 0 Å². The minimum Gasteiger partial charge on any atom is -0.329 e. The van der Waals surface area contributed by atoms with Gasteiger partial charge in [-0.1, -0.05) is 0 Å². The molecule has 0 bridgehead atoms. The molecule has 1 saturated carbocycles. The number of nitrogens with one attached hydrogen (secondary N) is 1. The molecule has 68 valence electrons. The number of halogens is 1. The molecular weight excluding hydrogens is 169 g/mol. The van der Waals surface area contributed by atoms with Crippen molar-refractivity contribution in [2.75, 3.05) is 5.32 Å². The fraction of sp³-hybridized carbons (Fsp3) is 0.300. The summed E-state index contributed by atoms with van der Waals surface area (Å²) in [5.74, 6) is 0.201. The Morgan fingerprint density at radius 1 is 1.46 bits per heavy atom. The molecule has 2 rings (SSSR count). The van der Waals surface area contributed by atoms with E-state index < -0.39 is 0 Å². The minimum atomic E-state index is -0.168. The maximum absolute atomic E-state index is 13.2. The van der Waals surface area contributed by atoms with E-state index in [2.05, 4.69) is 5.32 Å². The number of hydrogen-bond acceptors (Lipinski definition) is 1. The van der Waals surface area contributed by atoms with Crippen LogP contribution in [0.2, 0.25) is 0 Å². The fourth-order valence-electron chi connectivity index (χ4n) is 1.41. The Morgan fingerprint density at radius 3 is 2.85 bits per heavy atom. The second-order valence-electron chi connectivity index (χ2n) is 3.27. The molecule has 0 heterocycles. The van der Waals surface area contributed by atoms with E-state index in [4.69, 9.17) is 0 Å². The van der Waals surface area contributed by atoms with Gasteiger partial charge in [-0.25, -0.2) is 4.39 Å². The number of amides is 1. The van der Waals surface area contributed by atoms with Gasteiger partial charge in [-0.3, -0.25) is 4.79 Å². The molecule has 3 heteroatoms. The summed E-state index contributed by atoms with van der Waals surface area (Å²) in [4.78, 5) is 10.2. The molecule has 0 spiro atoms. The van der Waals surface area contributed by atoms with Crippen LogP contribution < -0.4 is 5.32 Å². The summed E-state index contributed by atoms with van der Waals surface area (Å²) in [6.07, 6.45) is 2.72. The van der Waals surface area contributed by atoms with Gasteiger partial charge in [-0.05, 0) is 42.5 Å². The third-order valence-electron chi connectivity index (χ3n) is 2.24. The van der Waals surface area contributed by atoms with Gasteiger partial charge in [-0.15, -0.1) is 0 Å². The Bertz CT molecular complexity index is 334. The van der Waals surface area contributed by atoms with Crippen LogP contribution in [0.1, 0.15) is 24.3 Å². The van der Waals surface area contributed by atoms with Gasteiger partial charge >= 0.3 is 0 Å². The van der Waals surface area contributed by atoms with Crippen LogP contribution in [0.5, 0.6) is 0 Å². The lowest BCUT2D eigenvalue weighted by atomic mass is 10.1. The number of rotatable bonds is 3. The molecule has 13 heavy (non-hydrogen) atoms. The molecule has 1 aliphatic rings. The van der Waals surface area contributed by atoms with E-state index in [0.29, 0.717) is 18.0 Å².